The fourth-order valence-corrected chi connectivity index (χ4v) is 3.64. The maximum Gasteiger partial charge on any atom is 0.422 e. The van der Waals surface area contributed by atoms with Gasteiger partial charge in [-0.05, 0) is 66.2 Å². The molecule has 0 heterocycles. The Labute approximate surface area is 287 Å². The third-order valence-corrected chi connectivity index (χ3v) is 5.69. The normalized spacial score (nSPS) is 10.2. The van der Waals surface area contributed by atoms with Crippen LogP contribution in [0.1, 0.15) is 16.7 Å². The van der Waals surface area contributed by atoms with Crippen molar-refractivity contribution in [2.24, 2.45) is 0 Å². The molecule has 0 aliphatic heterocycles. The average molecular weight is 988 g/mol. The van der Waals surface area contributed by atoms with E-state index in [9.17, 15) is 26.3 Å². The Balaban J connectivity index is 0.000000295. The van der Waals surface area contributed by atoms with Gasteiger partial charge in [0.05, 0.1) is 10.0 Å². The minimum Gasteiger partial charge on any atom is -0.456 e. The van der Waals surface area contributed by atoms with Crippen molar-refractivity contribution < 1.29 is 49.1 Å². The third-order valence-electron chi connectivity index (χ3n) is 5.06. The molecule has 0 fully saturated rings. The molecule has 230 valence electrons. The van der Waals surface area contributed by atoms with Crippen molar-refractivity contribution in [2.45, 2.75) is 6.18 Å². The Morgan fingerprint density at radius 2 is 1.09 bits per heavy atom. The summed E-state index contributed by atoms with van der Waals surface area (Å²) < 4.78 is 86.5. The van der Waals surface area contributed by atoms with Gasteiger partial charge in [-0.15, -0.1) is 0 Å². The molecule has 0 aromatic heterocycles. The molecule has 0 atom stereocenters. The van der Waals surface area contributed by atoms with Crippen LogP contribution in [0.15, 0.2) is 91.0 Å². The van der Waals surface area contributed by atoms with Gasteiger partial charge in [-0.2, -0.15) is 32.5 Å². The van der Waals surface area contributed by atoms with Gasteiger partial charge in [0, 0.05) is 0 Å². The van der Waals surface area contributed by atoms with Crippen molar-refractivity contribution in [3.8, 4) is 35.1 Å². The summed E-state index contributed by atoms with van der Waals surface area (Å²) in [5.74, 6) is 0.625. The first-order valence-electron chi connectivity index (χ1n) is 11.4. The zero-order valence-corrected chi connectivity index (χ0v) is 29.4. The van der Waals surface area contributed by atoms with Gasteiger partial charge in [0.1, 0.15) is 57.7 Å². The van der Waals surface area contributed by atoms with Crippen molar-refractivity contribution in [2.75, 3.05) is 0 Å². The number of nitriles is 2. The number of hydrogen-bond donors (Lipinski definition) is 0. The van der Waals surface area contributed by atoms with Crippen molar-refractivity contribution in [3.63, 3.8) is 0 Å². The molecule has 4 nitrogen and oxygen atoms in total. The minimum atomic E-state index is -5.18. The summed E-state index contributed by atoms with van der Waals surface area (Å²) in [7, 11) is 0. The van der Waals surface area contributed by atoms with E-state index in [0.717, 1.165) is 24.3 Å². The maximum absolute atomic E-state index is 12.7. The molecule has 0 unspecified atom stereocenters. The van der Waals surface area contributed by atoms with E-state index in [-0.39, 0.29) is 33.5 Å². The van der Waals surface area contributed by atoms with Crippen LogP contribution < -0.4 is 22.7 Å². The Morgan fingerprint density at radius 1 is 0.705 bits per heavy atom. The average Bonchev–Trinajstić information content (AvgIpc) is 2.95. The molecule has 0 amide bonds. The summed E-state index contributed by atoms with van der Waals surface area (Å²) in [5, 5.41) is 18.4. The number of rotatable bonds is 5. The zero-order valence-electron chi connectivity index (χ0n) is 21.5. The molecular weight excluding hydrogens is 974 g/mol. The van der Waals surface area contributed by atoms with Gasteiger partial charge in [0.15, 0.2) is 0 Å². The van der Waals surface area contributed by atoms with Crippen molar-refractivity contribution >= 4 is 66.0 Å². The van der Waals surface area contributed by atoms with Crippen LogP contribution in [0.2, 0.25) is 10.0 Å². The summed E-state index contributed by atoms with van der Waals surface area (Å²) in [6.07, 6.45) is -8.00. The summed E-state index contributed by atoms with van der Waals surface area (Å²) in [4.78, 5) is 0. The molecule has 0 spiro atoms. The largest absolute Gasteiger partial charge is 0.456 e. The van der Waals surface area contributed by atoms with Crippen LogP contribution in [-0.2, 0) is 0 Å². The van der Waals surface area contributed by atoms with Gasteiger partial charge in [-0.25, -0.2) is 4.39 Å². The molecular formula is C29H14Cl2F6I3N2O2-. The van der Waals surface area contributed by atoms with Crippen LogP contribution in [-0.4, -0.2) is 6.18 Å². The monoisotopic (exact) mass is 987 g/mol. The van der Waals surface area contributed by atoms with Crippen molar-refractivity contribution in [1.82, 2.24) is 0 Å². The Hall–Kier alpha value is -2.45. The first-order chi connectivity index (χ1) is 20.9. The number of benzene rings is 4. The Kier molecular flexibility index (Phi) is 15.9. The molecule has 0 saturated heterocycles. The van der Waals surface area contributed by atoms with Crippen molar-refractivity contribution in [3.05, 3.63) is 124 Å². The molecule has 4 aromatic carbocycles. The van der Waals surface area contributed by atoms with Crippen LogP contribution in [0, 0.1) is 28.5 Å². The molecule has 4 rings (SSSR count). The van der Waals surface area contributed by atoms with Gasteiger partial charge in [-0.1, -0.05) is 47.5 Å². The predicted octanol–water partition coefficient (Wildman–Crippen LogP) is 9.09. The molecule has 0 saturated carbocycles. The van der Waals surface area contributed by atoms with Crippen LogP contribution in [0.4, 0.5) is 26.3 Å². The van der Waals surface area contributed by atoms with Gasteiger partial charge < -0.3 is 9.47 Å². The third kappa shape index (κ3) is 11.5. The molecule has 0 radical (unpaired) electrons. The fraction of sp³-hybridized carbons (Fsp3) is 0.0345. The van der Waals surface area contributed by atoms with E-state index in [4.69, 9.17) is 43.2 Å². The molecule has 44 heavy (non-hydrogen) atoms. The quantitative estimate of drug-likeness (QED) is 0.148. The minimum absolute atomic E-state index is 0.0499. The molecule has 0 aliphatic rings. The summed E-state index contributed by atoms with van der Waals surface area (Å²) in [6.45, 7) is 0. The second-order valence-electron chi connectivity index (χ2n) is 7.82. The molecule has 0 aliphatic carbocycles. The number of allylic oxidation sites excluding steroid dienone is 1. The first kappa shape index (κ1) is 37.7. The van der Waals surface area contributed by atoms with Crippen LogP contribution in [0.3, 0.4) is 0 Å². The van der Waals surface area contributed by atoms with Crippen LogP contribution >= 0.6 is 60.4 Å². The molecule has 0 bridgehead atoms. The summed E-state index contributed by atoms with van der Waals surface area (Å²) >= 11 is 17.0. The Bertz CT molecular complexity index is 1670. The number of halogens is 11. The van der Waals surface area contributed by atoms with Crippen LogP contribution in [0.25, 0.3) is 5.57 Å². The van der Waals surface area contributed by atoms with E-state index >= 15 is 0 Å². The molecule has 15 heteroatoms. The Morgan fingerprint density at radius 3 is 1.43 bits per heavy atom. The van der Waals surface area contributed by atoms with E-state index in [2.05, 4.69) is 37.2 Å². The van der Waals surface area contributed by atoms with Gasteiger partial charge in [0.25, 0.3) is 6.08 Å². The second-order valence-corrected chi connectivity index (χ2v) is 24.9. The standard InChI is InChI=1S/C16H7ClF5NO.C13H7ClFNO.I3/c17-12-2-1-3-13(11(12)8-23)24-10-6-4-9(5-7-10)14(15(18)19)16(20,21)22;14-12-2-1-3-13(11(12)8-16)17-10-6-4-9(15)5-7-10;1-3-2/h1-7H;1-7H;/q;;-1. The van der Waals surface area contributed by atoms with E-state index in [1.165, 1.54) is 42.5 Å². The topological polar surface area (TPSA) is 66.0 Å². The van der Waals surface area contributed by atoms with E-state index in [1.807, 2.05) is 12.1 Å². The SMILES string of the molecule is I[I-]I.N#Cc1c(Cl)cccc1Oc1ccc(C(=C(F)F)C(F)(F)F)cc1.N#Cc1c(Cl)cccc1Oc1ccc(F)cc1. The molecule has 0 N–H and O–H groups in total. The second kappa shape index (κ2) is 18.5. The van der Waals surface area contributed by atoms with Gasteiger partial charge in [-0.3, -0.25) is 0 Å². The summed E-state index contributed by atoms with van der Waals surface area (Å²) in [6, 6.07) is 22.6. The van der Waals surface area contributed by atoms with Gasteiger partial charge in [0.2, 0.25) is 0 Å². The van der Waals surface area contributed by atoms with E-state index < -0.39 is 23.4 Å². The first-order valence-corrected chi connectivity index (χ1v) is 24.8. The fourth-order valence-electron chi connectivity index (χ4n) is 3.22. The molecule has 4 aromatic rings. The predicted molar refractivity (Wildman–Crippen MR) is 169 cm³/mol. The van der Waals surface area contributed by atoms with E-state index in [1.54, 1.807) is 18.2 Å². The zero-order chi connectivity index (χ0) is 32.9. The smallest absolute Gasteiger partial charge is 0.422 e. The maximum atomic E-state index is 12.7. The van der Waals surface area contributed by atoms with Crippen molar-refractivity contribution in [1.29, 1.82) is 10.5 Å². The number of ether oxygens (including phenoxy) is 2. The van der Waals surface area contributed by atoms with Gasteiger partial charge >= 0.3 is 56.7 Å². The number of hydrogen-bond acceptors (Lipinski definition) is 4. The van der Waals surface area contributed by atoms with E-state index in [0.29, 0.717) is 29.8 Å². The summed E-state index contributed by atoms with van der Waals surface area (Å²) in [5.41, 5.74) is -2.39. The number of nitrogens with zero attached hydrogens (tertiary/aromatic N) is 2. The number of alkyl halides is 3. The van der Waals surface area contributed by atoms with Crippen LogP contribution in [0.5, 0.6) is 23.0 Å².